The molecular formula is C10H7F3N4. The van der Waals surface area contributed by atoms with E-state index in [2.05, 4.69) is 26.9 Å². The summed E-state index contributed by atoms with van der Waals surface area (Å²) in [5, 5.41) is 3.26. The molecule has 0 saturated carbocycles. The Hall–Kier alpha value is -2.19. The highest BCUT2D eigenvalue weighted by Gasteiger charge is 2.31. The van der Waals surface area contributed by atoms with E-state index in [4.69, 9.17) is 5.53 Å². The van der Waals surface area contributed by atoms with Crippen molar-refractivity contribution in [1.82, 2.24) is 4.98 Å². The van der Waals surface area contributed by atoms with Gasteiger partial charge >= 0.3 is 6.18 Å². The first-order chi connectivity index (χ1) is 8.04. The van der Waals surface area contributed by atoms with Gasteiger partial charge in [-0.05, 0) is 17.7 Å². The Labute approximate surface area is 95.1 Å². The summed E-state index contributed by atoms with van der Waals surface area (Å²) in [6.07, 6.45) is -3.03. The van der Waals surface area contributed by atoms with Crippen LogP contribution in [-0.2, 0) is 6.18 Å². The monoisotopic (exact) mass is 240 g/mol. The van der Waals surface area contributed by atoms with Gasteiger partial charge in [0.2, 0.25) is 0 Å². The lowest BCUT2D eigenvalue weighted by molar-refractivity contribution is -0.141. The molecule has 0 aliphatic heterocycles. The van der Waals surface area contributed by atoms with E-state index in [0.717, 1.165) is 12.3 Å². The Morgan fingerprint density at radius 2 is 2.18 bits per heavy atom. The van der Waals surface area contributed by atoms with Gasteiger partial charge in [-0.2, -0.15) is 13.2 Å². The SMILES string of the molecule is [N-]=[N+]=NCCC#Cc1ccc(C(F)(F)F)nc1. The molecule has 0 bridgehead atoms. The largest absolute Gasteiger partial charge is 0.433 e. The molecule has 0 spiro atoms. The van der Waals surface area contributed by atoms with Crippen LogP contribution in [0.5, 0.6) is 0 Å². The van der Waals surface area contributed by atoms with Crippen LogP contribution in [0.1, 0.15) is 17.7 Å². The van der Waals surface area contributed by atoms with Crippen LogP contribution in [0.15, 0.2) is 23.4 Å². The fourth-order valence-corrected chi connectivity index (χ4v) is 0.951. The predicted octanol–water partition coefficient (Wildman–Crippen LogP) is 3.15. The normalized spacial score (nSPS) is 10.1. The summed E-state index contributed by atoms with van der Waals surface area (Å²) in [5.74, 6) is 5.28. The van der Waals surface area contributed by atoms with Crippen molar-refractivity contribution in [2.24, 2.45) is 5.11 Å². The van der Waals surface area contributed by atoms with Crippen molar-refractivity contribution < 1.29 is 13.2 Å². The van der Waals surface area contributed by atoms with E-state index in [1.54, 1.807) is 0 Å². The van der Waals surface area contributed by atoms with E-state index >= 15 is 0 Å². The average molecular weight is 240 g/mol. The number of azide groups is 1. The van der Waals surface area contributed by atoms with E-state index in [0.29, 0.717) is 12.0 Å². The lowest BCUT2D eigenvalue weighted by Gasteiger charge is -2.03. The van der Waals surface area contributed by atoms with Crippen molar-refractivity contribution >= 4 is 0 Å². The van der Waals surface area contributed by atoms with Gasteiger partial charge in [-0.3, -0.25) is 4.98 Å². The van der Waals surface area contributed by atoms with Gasteiger partial charge in [0.25, 0.3) is 0 Å². The van der Waals surface area contributed by atoms with Crippen molar-refractivity contribution in [2.75, 3.05) is 6.54 Å². The van der Waals surface area contributed by atoms with E-state index in [1.807, 2.05) is 0 Å². The van der Waals surface area contributed by atoms with Crippen molar-refractivity contribution in [1.29, 1.82) is 0 Å². The molecule has 0 aliphatic carbocycles. The van der Waals surface area contributed by atoms with Gasteiger partial charge in [0.05, 0.1) is 0 Å². The highest BCUT2D eigenvalue weighted by Crippen LogP contribution is 2.26. The molecule has 17 heavy (non-hydrogen) atoms. The molecule has 0 N–H and O–H groups in total. The Balaban J connectivity index is 2.65. The molecule has 1 heterocycles. The van der Waals surface area contributed by atoms with E-state index in [9.17, 15) is 13.2 Å². The van der Waals surface area contributed by atoms with Crippen LogP contribution in [0.4, 0.5) is 13.2 Å². The van der Waals surface area contributed by atoms with Crippen LogP contribution in [0.3, 0.4) is 0 Å². The van der Waals surface area contributed by atoms with Crippen LogP contribution >= 0.6 is 0 Å². The third kappa shape index (κ3) is 4.45. The van der Waals surface area contributed by atoms with Gasteiger partial charge in [-0.15, -0.1) is 0 Å². The first kappa shape index (κ1) is 12.9. The summed E-state index contributed by atoms with van der Waals surface area (Å²) < 4.78 is 36.5. The average Bonchev–Trinajstić information content (AvgIpc) is 2.28. The molecule has 0 saturated heterocycles. The highest BCUT2D eigenvalue weighted by molar-refractivity contribution is 5.32. The molecule has 4 nitrogen and oxygen atoms in total. The molecule has 0 atom stereocenters. The molecular weight excluding hydrogens is 233 g/mol. The predicted molar refractivity (Wildman–Crippen MR) is 54.7 cm³/mol. The second-order valence-electron chi connectivity index (χ2n) is 2.94. The molecule has 7 heteroatoms. The minimum Gasteiger partial charge on any atom is -0.250 e. The second kappa shape index (κ2) is 5.77. The molecule has 0 unspecified atom stereocenters. The lowest BCUT2D eigenvalue weighted by atomic mass is 10.2. The number of hydrogen-bond acceptors (Lipinski definition) is 2. The Bertz CT molecular complexity index is 475. The maximum Gasteiger partial charge on any atom is 0.433 e. The summed E-state index contributed by atoms with van der Waals surface area (Å²) in [6, 6.07) is 2.12. The zero-order valence-electron chi connectivity index (χ0n) is 8.57. The van der Waals surface area contributed by atoms with Crippen LogP contribution < -0.4 is 0 Å². The van der Waals surface area contributed by atoms with Gasteiger partial charge in [-0.25, -0.2) is 0 Å². The molecule has 0 fully saturated rings. The molecule has 0 aromatic carbocycles. The van der Waals surface area contributed by atoms with Gasteiger partial charge in [-0.1, -0.05) is 17.0 Å². The summed E-state index contributed by atoms with van der Waals surface area (Å²) >= 11 is 0. The van der Waals surface area contributed by atoms with Crippen molar-refractivity contribution in [3.63, 3.8) is 0 Å². The summed E-state index contributed by atoms with van der Waals surface area (Å²) in [6.45, 7) is 0.234. The first-order valence-electron chi connectivity index (χ1n) is 4.57. The minimum atomic E-state index is -4.44. The van der Waals surface area contributed by atoms with Crippen molar-refractivity contribution in [3.05, 3.63) is 40.0 Å². The topological polar surface area (TPSA) is 61.7 Å². The van der Waals surface area contributed by atoms with Gasteiger partial charge in [0.15, 0.2) is 0 Å². The van der Waals surface area contributed by atoms with Crippen molar-refractivity contribution in [3.8, 4) is 11.8 Å². The van der Waals surface area contributed by atoms with Crippen LogP contribution in [0.2, 0.25) is 0 Å². The lowest BCUT2D eigenvalue weighted by Crippen LogP contribution is -2.07. The van der Waals surface area contributed by atoms with Gasteiger partial charge in [0, 0.05) is 29.6 Å². The molecule has 0 aliphatic rings. The zero-order valence-corrected chi connectivity index (χ0v) is 8.57. The fraction of sp³-hybridized carbons (Fsp3) is 0.300. The Morgan fingerprint density at radius 3 is 2.71 bits per heavy atom. The summed E-state index contributed by atoms with van der Waals surface area (Å²) in [5.41, 5.74) is 7.42. The molecule has 0 radical (unpaired) electrons. The second-order valence-corrected chi connectivity index (χ2v) is 2.94. The maximum absolute atomic E-state index is 12.2. The fourth-order valence-electron chi connectivity index (χ4n) is 0.951. The maximum atomic E-state index is 12.2. The number of pyridine rings is 1. The third-order valence-electron chi connectivity index (χ3n) is 1.69. The smallest absolute Gasteiger partial charge is 0.250 e. The number of nitrogens with zero attached hydrogens (tertiary/aromatic N) is 4. The summed E-state index contributed by atoms with van der Waals surface area (Å²) in [4.78, 5) is 5.79. The zero-order chi connectivity index (χ0) is 12.7. The molecule has 0 amide bonds. The molecule has 1 aromatic rings. The summed E-state index contributed by atoms with van der Waals surface area (Å²) in [7, 11) is 0. The molecule has 1 rings (SSSR count). The number of hydrogen-bond donors (Lipinski definition) is 0. The van der Waals surface area contributed by atoms with Gasteiger partial charge < -0.3 is 0 Å². The third-order valence-corrected chi connectivity index (χ3v) is 1.69. The van der Waals surface area contributed by atoms with Crippen LogP contribution in [0, 0.1) is 11.8 Å². The van der Waals surface area contributed by atoms with Gasteiger partial charge in [0.1, 0.15) is 5.69 Å². The number of aromatic nitrogens is 1. The number of rotatable bonds is 2. The van der Waals surface area contributed by atoms with Crippen molar-refractivity contribution in [2.45, 2.75) is 12.6 Å². The minimum absolute atomic E-state index is 0.234. The first-order valence-corrected chi connectivity index (χ1v) is 4.57. The number of alkyl halides is 3. The van der Waals surface area contributed by atoms with Crippen LogP contribution in [-0.4, -0.2) is 11.5 Å². The molecule has 88 valence electrons. The standard InChI is InChI=1S/C10H7F3N4/c11-10(12,13)9-5-4-8(7-15-9)3-1-2-6-16-17-14/h4-5,7H,2,6H2. The van der Waals surface area contributed by atoms with Crippen LogP contribution in [0.25, 0.3) is 10.4 Å². The Kier molecular flexibility index (Phi) is 4.37. The molecule has 1 aromatic heterocycles. The quantitative estimate of drug-likeness (QED) is 0.257. The highest BCUT2D eigenvalue weighted by atomic mass is 19.4. The number of halogens is 3. The van der Waals surface area contributed by atoms with E-state index in [-0.39, 0.29) is 6.54 Å². The Morgan fingerprint density at radius 1 is 1.41 bits per heavy atom. The van der Waals surface area contributed by atoms with E-state index < -0.39 is 11.9 Å². The van der Waals surface area contributed by atoms with E-state index in [1.165, 1.54) is 6.07 Å².